The monoisotopic (exact) mass is 358 g/mol. The maximum absolute atomic E-state index is 12.0. The molecule has 3 aromatic rings. The molecule has 0 spiro atoms. The fraction of sp³-hybridized carbons (Fsp3) is 0.267. The minimum absolute atomic E-state index is 0.0919. The highest BCUT2D eigenvalue weighted by Crippen LogP contribution is 2.40. The number of carbonyl (C=O) groups is 1. The van der Waals surface area contributed by atoms with E-state index in [1.54, 1.807) is 18.6 Å². The van der Waals surface area contributed by atoms with Gasteiger partial charge >= 0.3 is 0 Å². The van der Waals surface area contributed by atoms with Gasteiger partial charge in [-0.1, -0.05) is 11.8 Å². The molecule has 7 nitrogen and oxygen atoms in total. The lowest BCUT2D eigenvalue weighted by Crippen LogP contribution is -2.14. The first kappa shape index (κ1) is 15.3. The Balaban J connectivity index is 1.49. The SMILES string of the molecule is O=C(CSc1nnc(-c2ccncc2)n1C1CC1)Nc1nccs1. The number of thioether (sulfide) groups is 1. The largest absolute Gasteiger partial charge is 0.301 e. The van der Waals surface area contributed by atoms with Crippen LogP contribution in [0.1, 0.15) is 18.9 Å². The van der Waals surface area contributed by atoms with E-state index in [1.807, 2.05) is 17.5 Å². The molecule has 24 heavy (non-hydrogen) atoms. The van der Waals surface area contributed by atoms with Crippen molar-refractivity contribution in [1.29, 1.82) is 0 Å². The molecule has 0 bridgehead atoms. The first-order valence-corrected chi connectivity index (χ1v) is 9.35. The first-order chi connectivity index (χ1) is 11.8. The molecule has 0 aromatic carbocycles. The summed E-state index contributed by atoms with van der Waals surface area (Å²) < 4.78 is 2.14. The Morgan fingerprint density at radius 3 is 2.83 bits per heavy atom. The van der Waals surface area contributed by atoms with Crippen molar-refractivity contribution in [2.45, 2.75) is 24.0 Å². The molecule has 3 aromatic heterocycles. The molecular formula is C15H14N6OS2. The van der Waals surface area contributed by atoms with E-state index >= 15 is 0 Å². The molecule has 0 saturated heterocycles. The summed E-state index contributed by atoms with van der Waals surface area (Å²) in [5, 5.41) is 14.6. The van der Waals surface area contributed by atoms with Gasteiger partial charge in [0.1, 0.15) is 0 Å². The molecule has 0 atom stereocenters. The van der Waals surface area contributed by atoms with E-state index < -0.39 is 0 Å². The Hall–Kier alpha value is -2.26. The van der Waals surface area contributed by atoms with Gasteiger partial charge in [-0.15, -0.1) is 21.5 Å². The zero-order chi connectivity index (χ0) is 16.4. The Bertz CT molecular complexity index is 829. The number of amides is 1. The highest BCUT2D eigenvalue weighted by atomic mass is 32.2. The molecule has 0 unspecified atom stereocenters. The van der Waals surface area contributed by atoms with Crippen LogP contribution in [-0.2, 0) is 4.79 Å². The maximum atomic E-state index is 12.0. The summed E-state index contributed by atoms with van der Waals surface area (Å²) in [5.41, 5.74) is 0.989. The van der Waals surface area contributed by atoms with Gasteiger partial charge in [0.05, 0.1) is 5.75 Å². The van der Waals surface area contributed by atoms with Crippen LogP contribution in [0.2, 0.25) is 0 Å². The molecule has 1 aliphatic rings. The Labute approximate surface area is 146 Å². The smallest absolute Gasteiger partial charge is 0.236 e. The van der Waals surface area contributed by atoms with Crippen LogP contribution in [0.4, 0.5) is 5.13 Å². The van der Waals surface area contributed by atoms with E-state index in [-0.39, 0.29) is 11.7 Å². The first-order valence-electron chi connectivity index (χ1n) is 7.48. The van der Waals surface area contributed by atoms with Gasteiger partial charge in [-0.05, 0) is 25.0 Å². The van der Waals surface area contributed by atoms with Crippen molar-refractivity contribution in [3.63, 3.8) is 0 Å². The van der Waals surface area contributed by atoms with Crippen molar-refractivity contribution in [3.05, 3.63) is 36.1 Å². The molecule has 0 radical (unpaired) electrons. The Morgan fingerprint density at radius 2 is 2.12 bits per heavy atom. The summed E-state index contributed by atoms with van der Waals surface area (Å²) in [6.07, 6.45) is 7.40. The van der Waals surface area contributed by atoms with Crippen molar-refractivity contribution in [2.75, 3.05) is 11.1 Å². The fourth-order valence-electron chi connectivity index (χ4n) is 2.31. The van der Waals surface area contributed by atoms with E-state index in [1.165, 1.54) is 23.1 Å². The maximum Gasteiger partial charge on any atom is 0.236 e. The lowest BCUT2D eigenvalue weighted by Gasteiger charge is -2.08. The second kappa shape index (κ2) is 6.70. The zero-order valence-corrected chi connectivity index (χ0v) is 14.3. The number of nitrogens with zero attached hydrogens (tertiary/aromatic N) is 5. The van der Waals surface area contributed by atoms with E-state index in [9.17, 15) is 4.79 Å². The summed E-state index contributed by atoms with van der Waals surface area (Å²) in [6.45, 7) is 0. The van der Waals surface area contributed by atoms with Crippen LogP contribution in [0.3, 0.4) is 0 Å². The summed E-state index contributed by atoms with van der Waals surface area (Å²) in [4.78, 5) is 20.1. The molecule has 0 aliphatic heterocycles. The predicted molar refractivity (Wildman–Crippen MR) is 93.0 cm³/mol. The van der Waals surface area contributed by atoms with Gasteiger partial charge in [-0.2, -0.15) is 0 Å². The van der Waals surface area contributed by atoms with E-state index in [0.717, 1.165) is 29.4 Å². The standard InChI is InChI=1S/C15H14N6OS2/c22-12(18-14-17-7-8-23-14)9-24-15-20-19-13(21(15)11-1-2-11)10-3-5-16-6-4-10/h3-8,11H,1-2,9H2,(H,17,18,22). The van der Waals surface area contributed by atoms with Crippen LogP contribution in [-0.4, -0.2) is 36.4 Å². The van der Waals surface area contributed by atoms with Crippen LogP contribution < -0.4 is 5.32 Å². The van der Waals surface area contributed by atoms with Crippen LogP contribution in [0, 0.1) is 0 Å². The van der Waals surface area contributed by atoms with Crippen molar-refractivity contribution in [1.82, 2.24) is 24.7 Å². The second-order valence-corrected chi connectivity index (χ2v) is 7.15. The van der Waals surface area contributed by atoms with Crippen molar-refractivity contribution in [3.8, 4) is 11.4 Å². The molecule has 3 heterocycles. The average Bonchev–Trinajstić information content (AvgIpc) is 3.15. The topological polar surface area (TPSA) is 85.6 Å². The lowest BCUT2D eigenvalue weighted by atomic mass is 10.2. The Morgan fingerprint density at radius 1 is 1.29 bits per heavy atom. The summed E-state index contributed by atoms with van der Waals surface area (Å²) in [7, 11) is 0. The van der Waals surface area contributed by atoms with Crippen LogP contribution in [0.5, 0.6) is 0 Å². The quantitative estimate of drug-likeness (QED) is 0.682. The Kier molecular flexibility index (Phi) is 4.26. The van der Waals surface area contributed by atoms with Crippen LogP contribution in [0.15, 0.2) is 41.3 Å². The van der Waals surface area contributed by atoms with Gasteiger partial charge in [0, 0.05) is 35.6 Å². The second-order valence-electron chi connectivity index (χ2n) is 5.32. The molecule has 4 rings (SSSR count). The van der Waals surface area contributed by atoms with Crippen molar-refractivity contribution in [2.24, 2.45) is 0 Å². The van der Waals surface area contributed by atoms with E-state index in [2.05, 4.69) is 30.0 Å². The van der Waals surface area contributed by atoms with Gasteiger partial charge in [0.2, 0.25) is 5.91 Å². The summed E-state index contributed by atoms with van der Waals surface area (Å²) in [5.74, 6) is 1.02. The third-order valence-electron chi connectivity index (χ3n) is 3.53. The van der Waals surface area contributed by atoms with Crippen LogP contribution in [0.25, 0.3) is 11.4 Å². The van der Waals surface area contributed by atoms with Gasteiger partial charge in [0.15, 0.2) is 16.1 Å². The van der Waals surface area contributed by atoms with E-state index in [0.29, 0.717) is 11.2 Å². The third kappa shape index (κ3) is 3.31. The number of aromatic nitrogens is 5. The molecule has 1 amide bonds. The predicted octanol–water partition coefficient (Wildman–Crippen LogP) is 2.86. The highest BCUT2D eigenvalue weighted by molar-refractivity contribution is 7.99. The van der Waals surface area contributed by atoms with Gasteiger partial charge in [0.25, 0.3) is 0 Å². The number of thiazole rings is 1. The van der Waals surface area contributed by atoms with Gasteiger partial charge in [-0.3, -0.25) is 14.3 Å². The molecule has 122 valence electrons. The minimum atomic E-state index is -0.0919. The number of anilines is 1. The van der Waals surface area contributed by atoms with Crippen molar-refractivity contribution < 1.29 is 4.79 Å². The van der Waals surface area contributed by atoms with Crippen molar-refractivity contribution >= 4 is 34.1 Å². The highest BCUT2D eigenvalue weighted by Gasteiger charge is 2.30. The molecule has 1 saturated carbocycles. The van der Waals surface area contributed by atoms with Crippen LogP contribution >= 0.6 is 23.1 Å². The third-order valence-corrected chi connectivity index (χ3v) is 5.16. The molecule has 1 N–H and O–H groups in total. The molecular weight excluding hydrogens is 344 g/mol. The molecule has 1 fully saturated rings. The number of carbonyl (C=O) groups excluding carboxylic acids is 1. The summed E-state index contributed by atoms with van der Waals surface area (Å²) in [6, 6.07) is 4.27. The number of hydrogen-bond acceptors (Lipinski definition) is 7. The van der Waals surface area contributed by atoms with Gasteiger partial charge < -0.3 is 5.32 Å². The zero-order valence-electron chi connectivity index (χ0n) is 12.6. The number of nitrogens with one attached hydrogen (secondary N) is 1. The number of rotatable bonds is 6. The lowest BCUT2D eigenvalue weighted by molar-refractivity contribution is -0.113. The minimum Gasteiger partial charge on any atom is -0.301 e. The average molecular weight is 358 g/mol. The number of hydrogen-bond donors (Lipinski definition) is 1. The summed E-state index contributed by atoms with van der Waals surface area (Å²) >= 11 is 2.80. The molecule has 1 aliphatic carbocycles. The fourth-order valence-corrected chi connectivity index (χ4v) is 3.66. The normalized spacial score (nSPS) is 13.8. The van der Waals surface area contributed by atoms with Gasteiger partial charge in [-0.25, -0.2) is 4.98 Å². The number of pyridine rings is 1. The van der Waals surface area contributed by atoms with E-state index in [4.69, 9.17) is 0 Å². The molecule has 9 heteroatoms.